The first-order chi connectivity index (χ1) is 8.31. The number of hydrogen-bond acceptors (Lipinski definition) is 3. The number of alkyl halides is 1. The van der Waals surface area contributed by atoms with Crippen LogP contribution in [0.25, 0.3) is 10.4 Å². The number of nitrogens with zero attached hydrogens (tertiary/aromatic N) is 3. The van der Waals surface area contributed by atoms with Crippen LogP contribution in [-0.2, 0) is 4.74 Å². The lowest BCUT2D eigenvalue weighted by atomic mass is 9.90. The highest BCUT2D eigenvalue weighted by Crippen LogP contribution is 2.24. The molecular weight excluding hydrogens is 239 g/mol. The van der Waals surface area contributed by atoms with Crippen molar-refractivity contribution in [2.75, 3.05) is 0 Å². The molecule has 0 bridgehead atoms. The first-order valence-corrected chi connectivity index (χ1v) is 5.99. The highest BCUT2D eigenvalue weighted by Gasteiger charge is 2.32. The van der Waals surface area contributed by atoms with Gasteiger partial charge in [0.05, 0.1) is 6.04 Å². The van der Waals surface area contributed by atoms with E-state index in [-0.39, 0.29) is 12.5 Å². The van der Waals surface area contributed by atoms with Crippen molar-refractivity contribution in [1.29, 1.82) is 0 Å². The van der Waals surface area contributed by atoms with Gasteiger partial charge in [0.15, 0.2) is 0 Å². The summed E-state index contributed by atoms with van der Waals surface area (Å²) in [4.78, 5) is 14.2. The Kier molecular flexibility index (Phi) is 4.78. The zero-order chi connectivity index (χ0) is 13.8. The maximum atomic E-state index is 13.8. The molecule has 0 aromatic heterocycles. The van der Waals surface area contributed by atoms with Crippen LogP contribution in [-0.4, -0.2) is 29.9 Å². The number of rotatable bonds is 2. The van der Waals surface area contributed by atoms with E-state index >= 15 is 0 Å². The summed E-state index contributed by atoms with van der Waals surface area (Å²) in [6.07, 6.45) is -0.654. The quantitative estimate of drug-likeness (QED) is 0.468. The van der Waals surface area contributed by atoms with Crippen LogP contribution < -0.4 is 5.32 Å². The molecule has 0 saturated heterocycles. The van der Waals surface area contributed by atoms with Gasteiger partial charge in [0.25, 0.3) is 0 Å². The van der Waals surface area contributed by atoms with Crippen molar-refractivity contribution in [3.05, 3.63) is 10.4 Å². The predicted octanol–water partition coefficient (Wildman–Crippen LogP) is 3.08. The molecule has 1 rings (SSSR count). The van der Waals surface area contributed by atoms with Crippen LogP contribution in [0.1, 0.15) is 40.0 Å². The highest BCUT2D eigenvalue weighted by atomic mass is 19.1. The van der Waals surface area contributed by atoms with Gasteiger partial charge < -0.3 is 10.1 Å². The summed E-state index contributed by atoms with van der Waals surface area (Å²) in [7, 11) is 0. The van der Waals surface area contributed by atoms with Crippen LogP contribution in [0.2, 0.25) is 0 Å². The second-order valence-corrected chi connectivity index (χ2v) is 5.44. The van der Waals surface area contributed by atoms with Gasteiger partial charge in [0.1, 0.15) is 11.8 Å². The monoisotopic (exact) mass is 258 g/mol. The second-order valence-electron chi connectivity index (χ2n) is 5.44. The van der Waals surface area contributed by atoms with Crippen LogP contribution in [0.3, 0.4) is 0 Å². The van der Waals surface area contributed by atoms with Crippen molar-refractivity contribution < 1.29 is 13.9 Å². The molecule has 0 radical (unpaired) electrons. The molecule has 0 heterocycles. The number of carbonyl (C=O) groups is 1. The lowest BCUT2D eigenvalue weighted by Crippen LogP contribution is -2.47. The summed E-state index contributed by atoms with van der Waals surface area (Å²) in [5.41, 5.74) is 7.69. The number of carbonyl (C=O) groups excluding carboxylic acids is 1. The van der Waals surface area contributed by atoms with Crippen LogP contribution in [0.5, 0.6) is 0 Å². The average molecular weight is 258 g/mol. The van der Waals surface area contributed by atoms with E-state index in [4.69, 9.17) is 10.3 Å². The Morgan fingerprint density at radius 2 is 2.17 bits per heavy atom. The third-order valence-electron chi connectivity index (χ3n) is 2.66. The average Bonchev–Trinajstić information content (AvgIpc) is 2.20. The van der Waals surface area contributed by atoms with E-state index < -0.39 is 23.9 Å². The van der Waals surface area contributed by atoms with Crippen molar-refractivity contribution in [3.8, 4) is 0 Å². The SMILES string of the molecule is CC(C)(C)OC(=O)N[C@@H]1CC[C@@H](N=[N+]=[N-])C[C@@H]1F. The van der Waals surface area contributed by atoms with Crippen molar-refractivity contribution in [2.45, 2.75) is 63.9 Å². The maximum Gasteiger partial charge on any atom is 0.407 e. The Bertz CT molecular complexity index is 349. The van der Waals surface area contributed by atoms with Gasteiger partial charge in [-0.15, -0.1) is 0 Å². The number of hydrogen-bond donors (Lipinski definition) is 1. The fourth-order valence-corrected chi connectivity index (χ4v) is 1.89. The molecule has 1 amide bonds. The van der Waals surface area contributed by atoms with Crippen LogP contribution in [0.4, 0.5) is 9.18 Å². The molecule has 0 spiro atoms. The van der Waals surface area contributed by atoms with Crippen LogP contribution in [0.15, 0.2) is 5.11 Å². The molecule has 0 aromatic carbocycles. The molecule has 6 nitrogen and oxygen atoms in total. The summed E-state index contributed by atoms with van der Waals surface area (Å²) in [6, 6.07) is -0.883. The Labute approximate surface area is 106 Å². The largest absolute Gasteiger partial charge is 0.444 e. The number of alkyl carbamates (subject to hydrolysis) is 1. The van der Waals surface area contributed by atoms with Crippen LogP contribution in [0, 0.1) is 0 Å². The number of nitrogens with one attached hydrogen (secondary N) is 1. The zero-order valence-corrected chi connectivity index (χ0v) is 10.9. The normalized spacial score (nSPS) is 28.1. The molecular formula is C11H19FN4O2. The van der Waals surface area contributed by atoms with Gasteiger partial charge in [-0.05, 0) is 45.6 Å². The van der Waals surface area contributed by atoms with Crippen molar-refractivity contribution >= 4 is 6.09 Å². The predicted molar refractivity (Wildman–Crippen MR) is 64.8 cm³/mol. The van der Waals surface area contributed by atoms with E-state index in [1.807, 2.05) is 0 Å². The molecule has 1 aliphatic rings. The van der Waals surface area contributed by atoms with Crippen molar-refractivity contribution in [2.24, 2.45) is 5.11 Å². The molecule has 1 N–H and O–H groups in total. The first kappa shape index (κ1) is 14.6. The number of amides is 1. The van der Waals surface area contributed by atoms with E-state index in [0.29, 0.717) is 12.8 Å². The molecule has 0 unspecified atom stereocenters. The number of halogens is 1. The van der Waals surface area contributed by atoms with E-state index in [0.717, 1.165) is 0 Å². The van der Waals surface area contributed by atoms with Gasteiger partial charge in [0.2, 0.25) is 0 Å². The van der Waals surface area contributed by atoms with Crippen molar-refractivity contribution in [3.63, 3.8) is 0 Å². The molecule has 1 saturated carbocycles. The smallest absolute Gasteiger partial charge is 0.407 e. The Hall–Kier alpha value is -1.49. The topological polar surface area (TPSA) is 87.1 Å². The third kappa shape index (κ3) is 4.79. The van der Waals surface area contributed by atoms with Crippen LogP contribution >= 0.6 is 0 Å². The summed E-state index contributed by atoms with van der Waals surface area (Å²) in [6.45, 7) is 5.24. The standard InChI is InChI=1S/C11H19FN4O2/c1-11(2,3)18-10(17)14-9-5-4-7(15-16-13)6-8(9)12/h7-9H,4-6H2,1-3H3,(H,14,17)/t7-,8+,9-/m1/s1. The van der Waals surface area contributed by atoms with Gasteiger partial charge in [-0.1, -0.05) is 5.11 Å². The molecule has 0 aromatic rings. The maximum absolute atomic E-state index is 13.8. The minimum absolute atomic E-state index is 0.143. The lowest BCUT2D eigenvalue weighted by Gasteiger charge is -2.31. The molecule has 18 heavy (non-hydrogen) atoms. The van der Waals surface area contributed by atoms with Gasteiger partial charge >= 0.3 is 6.09 Å². The fourth-order valence-electron chi connectivity index (χ4n) is 1.89. The minimum atomic E-state index is -1.21. The van der Waals surface area contributed by atoms with Gasteiger partial charge in [-0.3, -0.25) is 0 Å². The molecule has 1 aliphatic carbocycles. The number of ether oxygens (including phenoxy) is 1. The molecule has 3 atom stereocenters. The Morgan fingerprint density at radius 3 is 2.67 bits per heavy atom. The van der Waals surface area contributed by atoms with Crippen molar-refractivity contribution in [1.82, 2.24) is 5.32 Å². The van der Waals surface area contributed by atoms with E-state index in [9.17, 15) is 9.18 Å². The summed E-state index contributed by atoms with van der Waals surface area (Å²) >= 11 is 0. The fraction of sp³-hybridized carbons (Fsp3) is 0.909. The molecule has 102 valence electrons. The summed E-state index contributed by atoms with van der Waals surface area (Å²) in [5.74, 6) is 0. The zero-order valence-electron chi connectivity index (χ0n) is 10.9. The Balaban J connectivity index is 2.45. The molecule has 1 fully saturated rings. The minimum Gasteiger partial charge on any atom is -0.444 e. The van der Waals surface area contributed by atoms with Gasteiger partial charge in [-0.25, -0.2) is 9.18 Å². The third-order valence-corrected chi connectivity index (χ3v) is 2.66. The lowest BCUT2D eigenvalue weighted by molar-refractivity contribution is 0.0445. The van der Waals surface area contributed by atoms with Gasteiger partial charge in [-0.2, -0.15) is 0 Å². The first-order valence-electron chi connectivity index (χ1n) is 5.99. The summed E-state index contributed by atoms with van der Waals surface area (Å²) < 4.78 is 18.8. The van der Waals surface area contributed by atoms with Gasteiger partial charge in [0, 0.05) is 11.0 Å². The Morgan fingerprint density at radius 1 is 1.50 bits per heavy atom. The van der Waals surface area contributed by atoms with E-state index in [1.165, 1.54) is 0 Å². The number of azide groups is 1. The van der Waals surface area contributed by atoms with E-state index in [1.54, 1.807) is 20.8 Å². The second kappa shape index (κ2) is 5.91. The summed E-state index contributed by atoms with van der Waals surface area (Å²) in [5, 5.41) is 6.02. The molecule has 7 heteroatoms. The highest BCUT2D eigenvalue weighted by molar-refractivity contribution is 5.68. The van der Waals surface area contributed by atoms with E-state index in [2.05, 4.69) is 15.3 Å². The molecule has 0 aliphatic heterocycles.